The second-order valence-corrected chi connectivity index (χ2v) is 5.62. The van der Waals surface area contributed by atoms with Crippen molar-refractivity contribution in [1.82, 2.24) is 15.5 Å². The summed E-state index contributed by atoms with van der Waals surface area (Å²) in [5.74, 6) is 0.362. The van der Waals surface area contributed by atoms with E-state index in [9.17, 15) is 4.79 Å². The van der Waals surface area contributed by atoms with Gasteiger partial charge in [-0.1, -0.05) is 37.3 Å². The molecular weight excluding hydrogens is 316 g/mol. The fourth-order valence-corrected chi connectivity index (χ4v) is 2.72. The number of carbonyl (C=O) groups is 1. The molecule has 1 aromatic heterocycles. The number of methoxy groups -OCH3 is 1. The number of hydrogen-bond donors (Lipinski definition) is 2. The molecule has 0 aliphatic carbocycles. The Hall–Kier alpha value is -3.15. The molecule has 128 valence electrons. The molecule has 1 heterocycles. The van der Waals surface area contributed by atoms with Crippen LogP contribution in [0.5, 0.6) is 5.75 Å². The highest BCUT2D eigenvalue weighted by Gasteiger charge is 2.19. The normalized spacial score (nSPS) is 10.6. The summed E-state index contributed by atoms with van der Waals surface area (Å²) in [6.45, 7) is 2.55. The van der Waals surface area contributed by atoms with E-state index in [4.69, 9.17) is 10.5 Å². The highest BCUT2D eigenvalue weighted by molar-refractivity contribution is 6.08. The van der Waals surface area contributed by atoms with Crippen molar-refractivity contribution >= 4 is 22.5 Å². The zero-order valence-corrected chi connectivity index (χ0v) is 14.2. The molecule has 0 aliphatic heterocycles. The van der Waals surface area contributed by atoms with Crippen molar-refractivity contribution in [2.45, 2.75) is 13.3 Å². The van der Waals surface area contributed by atoms with Crippen LogP contribution >= 0.6 is 0 Å². The van der Waals surface area contributed by atoms with Crippen LogP contribution in [0.15, 0.2) is 42.5 Å². The van der Waals surface area contributed by atoms with E-state index in [1.165, 1.54) is 0 Å². The molecule has 25 heavy (non-hydrogen) atoms. The zero-order valence-electron chi connectivity index (χ0n) is 14.2. The van der Waals surface area contributed by atoms with Crippen molar-refractivity contribution in [3.8, 4) is 16.9 Å². The Bertz CT molecular complexity index is 910. The van der Waals surface area contributed by atoms with Crippen molar-refractivity contribution in [1.29, 1.82) is 0 Å². The molecule has 1 amide bonds. The molecule has 3 rings (SSSR count). The molecule has 0 fully saturated rings. The summed E-state index contributed by atoms with van der Waals surface area (Å²) < 4.78 is 5.49. The number of rotatable bonds is 5. The Morgan fingerprint density at radius 1 is 1.16 bits per heavy atom. The minimum absolute atomic E-state index is 0.144. The second kappa shape index (κ2) is 7.17. The maximum Gasteiger partial charge on any atom is 0.273 e. The number of ether oxygens (including phenoxy) is 1. The lowest BCUT2D eigenvalue weighted by Crippen LogP contribution is -2.26. The smallest absolute Gasteiger partial charge is 0.273 e. The summed E-state index contributed by atoms with van der Waals surface area (Å²) in [6.07, 6.45) is 0.835. The predicted octanol–water partition coefficient (Wildman–Crippen LogP) is 3.03. The Labute approximate surface area is 146 Å². The minimum Gasteiger partial charge on any atom is -0.496 e. The Kier molecular flexibility index (Phi) is 4.79. The van der Waals surface area contributed by atoms with Crippen LogP contribution in [-0.2, 0) is 0 Å². The van der Waals surface area contributed by atoms with Gasteiger partial charge in [0.15, 0.2) is 5.69 Å². The van der Waals surface area contributed by atoms with E-state index in [1.807, 2.05) is 43.3 Å². The lowest BCUT2D eigenvalue weighted by Gasteiger charge is -2.13. The van der Waals surface area contributed by atoms with E-state index in [1.54, 1.807) is 13.2 Å². The van der Waals surface area contributed by atoms with Crippen LogP contribution in [0.3, 0.4) is 0 Å². The number of hydrogen-bond acceptors (Lipinski definition) is 5. The van der Waals surface area contributed by atoms with Crippen molar-refractivity contribution in [2.24, 2.45) is 0 Å². The number of nitrogens with one attached hydrogen (secondary N) is 1. The van der Waals surface area contributed by atoms with Crippen LogP contribution < -0.4 is 15.8 Å². The standard InChI is InChI=1S/C19H20N4O2/c1-3-11-21-19(24)18-16(20)13-9-10-14(25-2)15(17(13)22-23-18)12-7-5-4-6-8-12/h4-10H,3,11H2,1-2H3,(H2,20,22)(H,21,24). The summed E-state index contributed by atoms with van der Waals surface area (Å²) in [7, 11) is 1.61. The van der Waals surface area contributed by atoms with Gasteiger partial charge in [-0.2, -0.15) is 0 Å². The maximum atomic E-state index is 12.2. The molecule has 0 spiro atoms. The number of amides is 1. The first kappa shape index (κ1) is 16.7. The Balaban J connectivity index is 2.20. The fourth-order valence-electron chi connectivity index (χ4n) is 2.72. The van der Waals surface area contributed by atoms with Gasteiger partial charge in [0.2, 0.25) is 0 Å². The SMILES string of the molecule is CCCNC(=O)c1nnc2c(-c3ccccc3)c(OC)ccc2c1N. The van der Waals surface area contributed by atoms with Crippen LogP contribution in [0, 0.1) is 0 Å². The molecule has 3 N–H and O–H groups in total. The number of anilines is 1. The molecule has 0 bridgehead atoms. The lowest BCUT2D eigenvalue weighted by molar-refractivity contribution is 0.0949. The molecule has 0 saturated carbocycles. The van der Waals surface area contributed by atoms with Gasteiger partial charge in [0, 0.05) is 11.9 Å². The summed E-state index contributed by atoms with van der Waals surface area (Å²) in [5, 5.41) is 11.8. The van der Waals surface area contributed by atoms with Gasteiger partial charge in [-0.25, -0.2) is 0 Å². The van der Waals surface area contributed by atoms with Crippen LogP contribution in [-0.4, -0.2) is 29.8 Å². The van der Waals surface area contributed by atoms with Crippen LogP contribution in [0.2, 0.25) is 0 Å². The second-order valence-electron chi connectivity index (χ2n) is 5.62. The fraction of sp³-hybridized carbons (Fsp3) is 0.211. The number of benzene rings is 2. The predicted molar refractivity (Wildman–Crippen MR) is 98.6 cm³/mol. The molecule has 6 nitrogen and oxygen atoms in total. The first-order chi connectivity index (χ1) is 12.2. The first-order valence-electron chi connectivity index (χ1n) is 8.13. The Morgan fingerprint density at radius 3 is 2.60 bits per heavy atom. The van der Waals surface area contributed by atoms with Crippen LogP contribution in [0.4, 0.5) is 5.69 Å². The van der Waals surface area contributed by atoms with E-state index in [2.05, 4.69) is 15.5 Å². The molecule has 0 radical (unpaired) electrons. The minimum atomic E-state index is -0.314. The third-order valence-corrected chi connectivity index (χ3v) is 3.97. The molecule has 3 aromatic rings. The summed E-state index contributed by atoms with van der Waals surface area (Å²) in [6, 6.07) is 13.4. The van der Waals surface area contributed by atoms with Gasteiger partial charge in [0.25, 0.3) is 5.91 Å². The average molecular weight is 336 g/mol. The van der Waals surface area contributed by atoms with Crippen molar-refractivity contribution in [3.05, 3.63) is 48.2 Å². The molecular formula is C19H20N4O2. The first-order valence-corrected chi connectivity index (χ1v) is 8.13. The average Bonchev–Trinajstić information content (AvgIpc) is 2.66. The number of nitrogens with two attached hydrogens (primary N) is 1. The summed E-state index contributed by atoms with van der Waals surface area (Å²) >= 11 is 0. The van der Waals surface area contributed by atoms with Gasteiger partial charge in [-0.05, 0) is 24.1 Å². The van der Waals surface area contributed by atoms with Crippen LogP contribution in [0.1, 0.15) is 23.8 Å². The van der Waals surface area contributed by atoms with Gasteiger partial charge in [-0.15, -0.1) is 10.2 Å². The molecule has 0 unspecified atom stereocenters. The van der Waals surface area contributed by atoms with Crippen molar-refractivity contribution in [3.63, 3.8) is 0 Å². The van der Waals surface area contributed by atoms with Gasteiger partial charge in [0.05, 0.1) is 18.4 Å². The molecule has 0 saturated heterocycles. The third-order valence-electron chi connectivity index (χ3n) is 3.97. The van der Waals surface area contributed by atoms with E-state index >= 15 is 0 Å². The quantitative estimate of drug-likeness (QED) is 0.747. The van der Waals surface area contributed by atoms with E-state index in [0.29, 0.717) is 28.9 Å². The van der Waals surface area contributed by atoms with E-state index in [0.717, 1.165) is 17.5 Å². The lowest BCUT2D eigenvalue weighted by atomic mass is 10.00. The van der Waals surface area contributed by atoms with Gasteiger partial charge in [-0.3, -0.25) is 4.79 Å². The molecule has 6 heteroatoms. The highest BCUT2D eigenvalue weighted by Crippen LogP contribution is 2.37. The van der Waals surface area contributed by atoms with E-state index < -0.39 is 0 Å². The Morgan fingerprint density at radius 2 is 1.92 bits per heavy atom. The number of fused-ring (bicyclic) bond motifs is 1. The number of nitrogens with zero attached hydrogens (tertiary/aromatic N) is 2. The number of aromatic nitrogens is 2. The topological polar surface area (TPSA) is 90.1 Å². The third kappa shape index (κ3) is 3.10. The van der Waals surface area contributed by atoms with Crippen molar-refractivity contribution in [2.75, 3.05) is 19.4 Å². The molecule has 0 atom stereocenters. The summed E-state index contributed by atoms with van der Waals surface area (Å²) in [5.41, 5.74) is 9.05. The monoisotopic (exact) mass is 336 g/mol. The number of nitrogen functional groups attached to an aromatic ring is 1. The molecule has 0 aliphatic rings. The summed E-state index contributed by atoms with van der Waals surface area (Å²) in [4.78, 5) is 12.2. The molecule has 2 aromatic carbocycles. The van der Waals surface area contributed by atoms with E-state index in [-0.39, 0.29) is 11.6 Å². The van der Waals surface area contributed by atoms with Crippen LogP contribution in [0.25, 0.3) is 22.0 Å². The van der Waals surface area contributed by atoms with Crippen molar-refractivity contribution < 1.29 is 9.53 Å². The largest absolute Gasteiger partial charge is 0.496 e. The van der Waals surface area contributed by atoms with Gasteiger partial charge in [0.1, 0.15) is 11.3 Å². The highest BCUT2D eigenvalue weighted by atomic mass is 16.5. The van der Waals surface area contributed by atoms with Gasteiger partial charge < -0.3 is 15.8 Å². The maximum absolute atomic E-state index is 12.2. The zero-order chi connectivity index (χ0) is 17.8. The van der Waals surface area contributed by atoms with Gasteiger partial charge >= 0.3 is 0 Å². The number of carbonyl (C=O) groups excluding carboxylic acids is 1.